The Hall–Kier alpha value is -2.54. The molecular formula is C17H20ClN5O2. The monoisotopic (exact) mass is 361 g/mol. The van der Waals surface area contributed by atoms with Crippen molar-refractivity contribution in [1.29, 1.82) is 0 Å². The maximum atomic E-state index is 11.8. The predicted molar refractivity (Wildman–Crippen MR) is 97.6 cm³/mol. The van der Waals surface area contributed by atoms with Crippen LogP contribution in [-0.2, 0) is 4.74 Å². The molecule has 132 valence electrons. The zero-order valence-corrected chi connectivity index (χ0v) is 14.7. The van der Waals surface area contributed by atoms with Crippen LogP contribution in [-0.4, -0.2) is 53.7 Å². The van der Waals surface area contributed by atoms with Crippen molar-refractivity contribution in [3.05, 3.63) is 41.7 Å². The van der Waals surface area contributed by atoms with Gasteiger partial charge in [-0.3, -0.25) is 0 Å². The summed E-state index contributed by atoms with van der Waals surface area (Å²) in [5.41, 5.74) is 0.904. The summed E-state index contributed by atoms with van der Waals surface area (Å²) in [5, 5.41) is 3.92. The molecule has 0 saturated carbocycles. The van der Waals surface area contributed by atoms with Crippen LogP contribution in [0.15, 0.2) is 36.7 Å². The molecule has 1 aliphatic rings. The fourth-order valence-electron chi connectivity index (χ4n) is 2.60. The van der Waals surface area contributed by atoms with Crippen LogP contribution >= 0.6 is 11.6 Å². The van der Waals surface area contributed by atoms with Gasteiger partial charge in [0.1, 0.15) is 18.0 Å². The second-order valence-corrected chi connectivity index (χ2v) is 6.00. The molecule has 1 saturated heterocycles. The zero-order chi connectivity index (χ0) is 17.6. The Labute approximate surface area is 151 Å². The molecular weight excluding hydrogens is 342 g/mol. The van der Waals surface area contributed by atoms with E-state index in [1.165, 1.54) is 6.33 Å². The highest BCUT2D eigenvalue weighted by Crippen LogP contribution is 2.21. The molecule has 2 heterocycles. The first-order chi connectivity index (χ1) is 12.2. The minimum Gasteiger partial charge on any atom is -0.450 e. The van der Waals surface area contributed by atoms with E-state index in [2.05, 4.69) is 20.2 Å². The normalized spacial score (nSPS) is 14.3. The van der Waals surface area contributed by atoms with Gasteiger partial charge in [0.05, 0.1) is 6.61 Å². The summed E-state index contributed by atoms with van der Waals surface area (Å²) < 4.78 is 5.04. The molecule has 3 rings (SSSR count). The van der Waals surface area contributed by atoms with E-state index in [0.29, 0.717) is 43.6 Å². The SMILES string of the molecule is CCOC(=O)N1CCN(c2cc(Nc3ccc(Cl)cc3)ncn2)CC1. The third kappa shape index (κ3) is 4.51. The lowest BCUT2D eigenvalue weighted by molar-refractivity contribution is 0.105. The van der Waals surface area contributed by atoms with Gasteiger partial charge in [-0.1, -0.05) is 11.6 Å². The van der Waals surface area contributed by atoms with Crippen LogP contribution in [0.3, 0.4) is 0 Å². The van der Waals surface area contributed by atoms with Crippen molar-refractivity contribution in [2.45, 2.75) is 6.92 Å². The van der Waals surface area contributed by atoms with Crippen LogP contribution in [0.4, 0.5) is 22.1 Å². The number of piperazine rings is 1. The van der Waals surface area contributed by atoms with E-state index in [0.717, 1.165) is 11.5 Å². The highest BCUT2D eigenvalue weighted by Gasteiger charge is 2.22. The lowest BCUT2D eigenvalue weighted by atomic mass is 10.3. The highest BCUT2D eigenvalue weighted by molar-refractivity contribution is 6.30. The summed E-state index contributed by atoms with van der Waals surface area (Å²) in [6.07, 6.45) is 1.28. The molecule has 7 nitrogen and oxygen atoms in total. The van der Waals surface area contributed by atoms with Crippen molar-refractivity contribution >= 4 is 35.0 Å². The largest absolute Gasteiger partial charge is 0.450 e. The van der Waals surface area contributed by atoms with E-state index in [9.17, 15) is 4.79 Å². The Kier molecular flexibility index (Phi) is 5.55. The Morgan fingerprint density at radius 1 is 1.20 bits per heavy atom. The molecule has 0 bridgehead atoms. The van der Waals surface area contributed by atoms with E-state index in [1.807, 2.05) is 37.3 Å². The number of carbonyl (C=O) groups excluding carboxylic acids is 1. The second kappa shape index (κ2) is 8.02. The molecule has 0 aliphatic carbocycles. The predicted octanol–water partition coefficient (Wildman–Crippen LogP) is 3.15. The number of amides is 1. The van der Waals surface area contributed by atoms with Gasteiger partial charge < -0.3 is 19.9 Å². The fraction of sp³-hybridized carbons (Fsp3) is 0.353. The standard InChI is InChI=1S/C17H20ClN5O2/c1-2-25-17(24)23-9-7-22(8-10-23)16-11-15(19-12-20-16)21-14-5-3-13(18)4-6-14/h3-6,11-12H,2,7-10H2,1H3,(H,19,20,21). The van der Waals surface area contributed by atoms with Crippen molar-refractivity contribution in [3.63, 3.8) is 0 Å². The fourth-order valence-corrected chi connectivity index (χ4v) is 2.73. The number of benzene rings is 1. The van der Waals surface area contributed by atoms with Gasteiger partial charge in [0.15, 0.2) is 0 Å². The topological polar surface area (TPSA) is 70.6 Å². The number of aromatic nitrogens is 2. The minimum atomic E-state index is -0.255. The van der Waals surface area contributed by atoms with Gasteiger partial charge in [-0.15, -0.1) is 0 Å². The first-order valence-electron chi connectivity index (χ1n) is 8.17. The Balaban J connectivity index is 1.62. The van der Waals surface area contributed by atoms with Crippen molar-refractivity contribution in [2.24, 2.45) is 0 Å². The highest BCUT2D eigenvalue weighted by atomic mass is 35.5. The summed E-state index contributed by atoms with van der Waals surface area (Å²) in [7, 11) is 0. The smallest absolute Gasteiger partial charge is 0.409 e. The molecule has 2 aromatic rings. The van der Waals surface area contributed by atoms with Gasteiger partial charge in [0, 0.05) is 43.0 Å². The average Bonchev–Trinajstić information content (AvgIpc) is 2.64. The molecule has 1 aromatic heterocycles. The van der Waals surface area contributed by atoms with E-state index in [4.69, 9.17) is 16.3 Å². The minimum absolute atomic E-state index is 0.255. The molecule has 0 unspecified atom stereocenters. The Bertz CT molecular complexity index is 717. The second-order valence-electron chi connectivity index (χ2n) is 5.57. The molecule has 25 heavy (non-hydrogen) atoms. The number of halogens is 1. The van der Waals surface area contributed by atoms with Crippen LogP contribution in [0.2, 0.25) is 5.02 Å². The first kappa shape index (κ1) is 17.3. The number of hydrogen-bond acceptors (Lipinski definition) is 6. The van der Waals surface area contributed by atoms with Gasteiger partial charge in [0.25, 0.3) is 0 Å². The number of nitrogens with zero attached hydrogens (tertiary/aromatic N) is 4. The van der Waals surface area contributed by atoms with Crippen molar-refractivity contribution in [2.75, 3.05) is 43.0 Å². The maximum Gasteiger partial charge on any atom is 0.409 e. The summed E-state index contributed by atoms with van der Waals surface area (Å²) in [6, 6.07) is 9.32. The summed E-state index contributed by atoms with van der Waals surface area (Å²) in [6.45, 7) is 4.84. The van der Waals surface area contributed by atoms with E-state index >= 15 is 0 Å². The van der Waals surface area contributed by atoms with E-state index in [1.54, 1.807) is 4.90 Å². The number of hydrogen-bond donors (Lipinski definition) is 1. The number of carbonyl (C=O) groups is 1. The molecule has 1 fully saturated rings. The van der Waals surface area contributed by atoms with Crippen LogP contribution in [0, 0.1) is 0 Å². The van der Waals surface area contributed by atoms with E-state index in [-0.39, 0.29) is 6.09 Å². The van der Waals surface area contributed by atoms with Gasteiger partial charge in [-0.05, 0) is 31.2 Å². The van der Waals surface area contributed by atoms with Crippen molar-refractivity contribution in [1.82, 2.24) is 14.9 Å². The van der Waals surface area contributed by atoms with Gasteiger partial charge in [0.2, 0.25) is 0 Å². The van der Waals surface area contributed by atoms with Crippen LogP contribution < -0.4 is 10.2 Å². The van der Waals surface area contributed by atoms with Gasteiger partial charge >= 0.3 is 6.09 Å². The maximum absolute atomic E-state index is 11.8. The Morgan fingerprint density at radius 2 is 1.92 bits per heavy atom. The lowest BCUT2D eigenvalue weighted by Crippen LogP contribution is -2.49. The third-order valence-electron chi connectivity index (χ3n) is 3.90. The molecule has 0 spiro atoms. The number of rotatable bonds is 4. The molecule has 0 radical (unpaired) electrons. The van der Waals surface area contributed by atoms with Crippen LogP contribution in [0.5, 0.6) is 0 Å². The number of anilines is 3. The summed E-state index contributed by atoms with van der Waals surface area (Å²) in [4.78, 5) is 24.2. The van der Waals surface area contributed by atoms with Crippen molar-refractivity contribution < 1.29 is 9.53 Å². The molecule has 1 amide bonds. The number of ether oxygens (including phenoxy) is 1. The summed E-state index contributed by atoms with van der Waals surface area (Å²) in [5.74, 6) is 1.54. The zero-order valence-electron chi connectivity index (χ0n) is 14.0. The molecule has 0 atom stereocenters. The Morgan fingerprint density at radius 3 is 2.60 bits per heavy atom. The average molecular weight is 362 g/mol. The quantitative estimate of drug-likeness (QED) is 0.902. The first-order valence-corrected chi connectivity index (χ1v) is 8.55. The molecule has 1 aromatic carbocycles. The number of nitrogens with one attached hydrogen (secondary N) is 1. The third-order valence-corrected chi connectivity index (χ3v) is 4.15. The van der Waals surface area contributed by atoms with Gasteiger partial charge in [-0.25, -0.2) is 14.8 Å². The molecule has 1 aliphatic heterocycles. The van der Waals surface area contributed by atoms with E-state index < -0.39 is 0 Å². The molecule has 1 N–H and O–H groups in total. The summed E-state index contributed by atoms with van der Waals surface area (Å²) >= 11 is 5.90. The lowest BCUT2D eigenvalue weighted by Gasteiger charge is -2.34. The van der Waals surface area contributed by atoms with Crippen LogP contribution in [0.1, 0.15) is 6.92 Å². The van der Waals surface area contributed by atoms with Crippen LogP contribution in [0.25, 0.3) is 0 Å². The molecule has 8 heteroatoms. The van der Waals surface area contributed by atoms with Gasteiger partial charge in [-0.2, -0.15) is 0 Å². The van der Waals surface area contributed by atoms with Crippen molar-refractivity contribution in [3.8, 4) is 0 Å².